The first-order chi connectivity index (χ1) is 7.35. The Morgan fingerprint density at radius 3 is 2.38 bits per heavy atom. The Hall–Kier alpha value is -1.17. The molecule has 0 unspecified atom stereocenters. The summed E-state index contributed by atoms with van der Waals surface area (Å²) in [6.07, 6.45) is 4.37. The molecule has 0 aromatic carbocycles. The van der Waals surface area contributed by atoms with Gasteiger partial charge in [0.25, 0.3) is 0 Å². The van der Waals surface area contributed by atoms with Crippen molar-refractivity contribution in [3.8, 4) is 0 Å². The summed E-state index contributed by atoms with van der Waals surface area (Å²) in [4.78, 5) is 22.2. The number of ketones is 1. The molecule has 0 spiro atoms. The van der Waals surface area contributed by atoms with Gasteiger partial charge in [-0.15, -0.1) is 0 Å². The zero-order valence-corrected chi connectivity index (χ0v) is 10.3. The van der Waals surface area contributed by atoms with Gasteiger partial charge in [-0.05, 0) is 13.0 Å². The van der Waals surface area contributed by atoms with Crippen LogP contribution in [0, 0.1) is 0 Å². The summed E-state index contributed by atoms with van der Waals surface area (Å²) in [7, 11) is -3.05. The van der Waals surface area contributed by atoms with E-state index in [4.69, 9.17) is 0 Å². The van der Waals surface area contributed by atoms with Gasteiger partial charge in [-0.25, -0.2) is 8.42 Å². The highest BCUT2D eigenvalue weighted by molar-refractivity contribution is 7.90. The molecule has 0 aliphatic heterocycles. The van der Waals surface area contributed by atoms with Gasteiger partial charge >= 0.3 is 0 Å². The lowest BCUT2D eigenvalue weighted by Crippen LogP contribution is -2.28. The van der Waals surface area contributed by atoms with Crippen LogP contribution in [0.5, 0.6) is 0 Å². The lowest BCUT2D eigenvalue weighted by Gasteiger charge is -2.02. The summed E-state index contributed by atoms with van der Waals surface area (Å²) >= 11 is 0. The van der Waals surface area contributed by atoms with E-state index in [1.807, 2.05) is 0 Å². The van der Waals surface area contributed by atoms with E-state index in [-0.39, 0.29) is 36.8 Å². The standard InChI is InChI=1S/C10H17NO4S/c1-3-4-9(12)5-6-10(13)11-7-8-16(2,14)15/h3-4H,5-8H2,1-2H3,(H,11,13). The Kier molecular flexibility index (Phi) is 6.64. The molecule has 0 bridgehead atoms. The SMILES string of the molecule is CC=CC(=O)CCC(=O)NCCS(C)(=O)=O. The maximum absolute atomic E-state index is 11.2. The van der Waals surface area contributed by atoms with Gasteiger partial charge in [0.1, 0.15) is 9.84 Å². The number of allylic oxidation sites excluding steroid dienone is 2. The Morgan fingerprint density at radius 1 is 1.25 bits per heavy atom. The van der Waals surface area contributed by atoms with Crippen LogP contribution in [0.25, 0.3) is 0 Å². The quantitative estimate of drug-likeness (QED) is 0.646. The Morgan fingerprint density at radius 2 is 1.88 bits per heavy atom. The Labute approximate surface area is 95.8 Å². The number of amides is 1. The van der Waals surface area contributed by atoms with E-state index in [2.05, 4.69) is 5.32 Å². The van der Waals surface area contributed by atoms with E-state index in [0.717, 1.165) is 6.26 Å². The molecule has 1 N–H and O–H groups in total. The van der Waals surface area contributed by atoms with Gasteiger partial charge in [-0.2, -0.15) is 0 Å². The maximum atomic E-state index is 11.2. The fourth-order valence-corrected chi connectivity index (χ4v) is 1.44. The van der Waals surface area contributed by atoms with Crippen molar-refractivity contribution >= 4 is 21.5 Å². The van der Waals surface area contributed by atoms with Crippen molar-refractivity contribution in [1.82, 2.24) is 5.32 Å². The lowest BCUT2D eigenvalue weighted by molar-refractivity contribution is -0.123. The summed E-state index contributed by atoms with van der Waals surface area (Å²) in [6.45, 7) is 1.82. The van der Waals surface area contributed by atoms with Gasteiger partial charge in [0.2, 0.25) is 5.91 Å². The number of carbonyl (C=O) groups excluding carboxylic acids is 2. The fourth-order valence-electron chi connectivity index (χ4n) is 0.970. The first kappa shape index (κ1) is 14.8. The van der Waals surface area contributed by atoms with E-state index in [1.165, 1.54) is 6.08 Å². The van der Waals surface area contributed by atoms with Crippen LogP contribution in [-0.4, -0.2) is 38.7 Å². The van der Waals surface area contributed by atoms with Crippen LogP contribution < -0.4 is 5.32 Å². The number of hydrogen-bond donors (Lipinski definition) is 1. The molecule has 0 aromatic rings. The van der Waals surface area contributed by atoms with E-state index < -0.39 is 9.84 Å². The molecule has 1 amide bonds. The van der Waals surface area contributed by atoms with Crippen molar-refractivity contribution in [1.29, 1.82) is 0 Å². The first-order valence-corrected chi connectivity index (χ1v) is 7.01. The largest absolute Gasteiger partial charge is 0.355 e. The molecular formula is C10H17NO4S. The molecule has 0 atom stereocenters. The topological polar surface area (TPSA) is 80.3 Å². The van der Waals surface area contributed by atoms with E-state index >= 15 is 0 Å². The molecule has 0 aromatic heterocycles. The summed E-state index contributed by atoms with van der Waals surface area (Å²) in [6, 6.07) is 0. The Bertz CT molecular complexity index is 370. The molecule has 92 valence electrons. The highest BCUT2D eigenvalue weighted by Crippen LogP contribution is 1.92. The molecule has 0 radical (unpaired) electrons. The molecule has 5 nitrogen and oxygen atoms in total. The van der Waals surface area contributed by atoms with Crippen molar-refractivity contribution in [3.63, 3.8) is 0 Å². The predicted octanol–water partition coefficient (Wildman–Crippen LogP) is 0.0726. The third-order valence-corrected chi connectivity index (χ3v) is 2.69. The van der Waals surface area contributed by atoms with Crippen LogP contribution in [-0.2, 0) is 19.4 Å². The summed E-state index contributed by atoms with van der Waals surface area (Å²) in [5.41, 5.74) is 0. The lowest BCUT2D eigenvalue weighted by atomic mass is 10.2. The number of rotatable bonds is 7. The van der Waals surface area contributed by atoms with Crippen molar-refractivity contribution in [2.24, 2.45) is 0 Å². The van der Waals surface area contributed by atoms with Gasteiger partial charge < -0.3 is 5.32 Å². The van der Waals surface area contributed by atoms with Crippen LogP contribution in [0.1, 0.15) is 19.8 Å². The van der Waals surface area contributed by atoms with E-state index in [1.54, 1.807) is 13.0 Å². The van der Waals surface area contributed by atoms with Crippen molar-refractivity contribution < 1.29 is 18.0 Å². The van der Waals surface area contributed by atoms with E-state index in [9.17, 15) is 18.0 Å². The summed E-state index contributed by atoms with van der Waals surface area (Å²) < 4.78 is 21.5. The first-order valence-electron chi connectivity index (χ1n) is 4.95. The number of sulfone groups is 1. The van der Waals surface area contributed by atoms with Gasteiger partial charge in [0, 0.05) is 25.6 Å². The number of hydrogen-bond acceptors (Lipinski definition) is 4. The van der Waals surface area contributed by atoms with E-state index in [0.29, 0.717) is 0 Å². The summed E-state index contributed by atoms with van der Waals surface area (Å²) in [5.74, 6) is -0.496. The third kappa shape index (κ3) is 9.39. The average molecular weight is 247 g/mol. The second-order valence-corrected chi connectivity index (χ2v) is 5.71. The second kappa shape index (κ2) is 7.16. The second-order valence-electron chi connectivity index (χ2n) is 3.45. The zero-order valence-electron chi connectivity index (χ0n) is 9.52. The van der Waals surface area contributed by atoms with Gasteiger partial charge in [0.15, 0.2) is 5.78 Å². The van der Waals surface area contributed by atoms with Crippen molar-refractivity contribution in [3.05, 3.63) is 12.2 Å². The molecule has 6 heteroatoms. The minimum absolute atomic E-state index is 0.0818. The molecule has 0 aliphatic rings. The fraction of sp³-hybridized carbons (Fsp3) is 0.600. The smallest absolute Gasteiger partial charge is 0.220 e. The van der Waals surface area contributed by atoms with Gasteiger partial charge in [-0.1, -0.05) is 6.08 Å². The third-order valence-electron chi connectivity index (χ3n) is 1.75. The normalized spacial score (nSPS) is 11.6. The number of carbonyl (C=O) groups is 2. The average Bonchev–Trinajstić information content (AvgIpc) is 2.13. The highest BCUT2D eigenvalue weighted by Gasteiger charge is 2.06. The molecule has 0 saturated heterocycles. The van der Waals surface area contributed by atoms with Crippen LogP contribution in [0.4, 0.5) is 0 Å². The van der Waals surface area contributed by atoms with Crippen molar-refractivity contribution in [2.45, 2.75) is 19.8 Å². The van der Waals surface area contributed by atoms with Crippen LogP contribution >= 0.6 is 0 Å². The molecule has 16 heavy (non-hydrogen) atoms. The minimum Gasteiger partial charge on any atom is -0.355 e. The minimum atomic E-state index is -3.05. The molecule has 0 rings (SSSR count). The molecule has 0 fully saturated rings. The van der Waals surface area contributed by atoms with Crippen LogP contribution in [0.3, 0.4) is 0 Å². The van der Waals surface area contributed by atoms with Crippen LogP contribution in [0.2, 0.25) is 0 Å². The monoisotopic (exact) mass is 247 g/mol. The van der Waals surface area contributed by atoms with Gasteiger partial charge in [-0.3, -0.25) is 9.59 Å². The molecule has 0 saturated carbocycles. The van der Waals surface area contributed by atoms with Gasteiger partial charge in [0.05, 0.1) is 5.75 Å². The molecule has 0 heterocycles. The zero-order chi connectivity index (χ0) is 12.6. The predicted molar refractivity (Wildman–Crippen MR) is 61.8 cm³/mol. The number of nitrogens with one attached hydrogen (secondary N) is 1. The highest BCUT2D eigenvalue weighted by atomic mass is 32.2. The molecular weight excluding hydrogens is 230 g/mol. The Balaban J connectivity index is 3.72. The summed E-state index contributed by atoms with van der Waals surface area (Å²) in [5, 5.41) is 2.44. The molecule has 0 aliphatic carbocycles. The maximum Gasteiger partial charge on any atom is 0.220 e. The van der Waals surface area contributed by atoms with Crippen LogP contribution in [0.15, 0.2) is 12.2 Å². The van der Waals surface area contributed by atoms with Crippen molar-refractivity contribution in [2.75, 3.05) is 18.6 Å².